The molecule has 0 spiro atoms. The number of benzene rings is 2. The van der Waals surface area contributed by atoms with Crippen LogP contribution in [0.1, 0.15) is 18.1 Å². The molecule has 2 aromatic carbocycles. The van der Waals surface area contributed by atoms with Gasteiger partial charge in [0.25, 0.3) is 0 Å². The number of hydrogen-bond acceptors (Lipinski definition) is 4. The Morgan fingerprint density at radius 2 is 1.83 bits per heavy atom. The topological polar surface area (TPSA) is 75.8 Å². The average Bonchev–Trinajstić information content (AvgIpc) is 3.13. The third-order valence-corrected chi connectivity index (χ3v) is 5.00. The maximum absolute atomic E-state index is 9.16. The first-order valence-electron chi connectivity index (χ1n) is 9.40. The molecule has 0 amide bonds. The lowest BCUT2D eigenvalue weighted by atomic mass is 10.0. The summed E-state index contributed by atoms with van der Waals surface area (Å²) in [5.41, 5.74) is 3.01. The van der Waals surface area contributed by atoms with Gasteiger partial charge in [-0.05, 0) is 48.4 Å². The molecule has 1 aliphatic rings. The Kier molecular flexibility index (Phi) is 7.48. The van der Waals surface area contributed by atoms with Crippen molar-refractivity contribution in [1.29, 1.82) is 5.26 Å². The average molecular weight is 429 g/mol. The Balaban J connectivity index is 1.77. The van der Waals surface area contributed by atoms with Gasteiger partial charge in [-0.25, -0.2) is 5.01 Å². The Bertz CT molecular complexity index is 916. The molecule has 150 valence electrons. The lowest BCUT2D eigenvalue weighted by Crippen LogP contribution is -2.42. The molecular formula is C21H22Cl2N6. The summed E-state index contributed by atoms with van der Waals surface area (Å²) >= 11 is 11.9. The van der Waals surface area contributed by atoms with E-state index in [4.69, 9.17) is 33.6 Å². The first-order valence-corrected chi connectivity index (χ1v) is 10.2. The molecule has 1 atom stereocenters. The zero-order valence-corrected chi connectivity index (χ0v) is 17.6. The van der Waals surface area contributed by atoms with Gasteiger partial charge in [-0.2, -0.15) is 10.4 Å². The van der Waals surface area contributed by atoms with Gasteiger partial charge in [0, 0.05) is 16.6 Å². The molecule has 1 unspecified atom stereocenters. The molecule has 2 N–H and O–H groups in total. The number of guanidine groups is 1. The van der Waals surface area contributed by atoms with Crippen molar-refractivity contribution in [2.75, 3.05) is 19.6 Å². The van der Waals surface area contributed by atoms with E-state index in [-0.39, 0.29) is 6.04 Å². The van der Waals surface area contributed by atoms with Crippen LogP contribution in [-0.2, 0) is 6.42 Å². The second-order valence-corrected chi connectivity index (χ2v) is 7.38. The van der Waals surface area contributed by atoms with Gasteiger partial charge in [-0.1, -0.05) is 54.4 Å². The van der Waals surface area contributed by atoms with Gasteiger partial charge in [-0.15, -0.1) is 0 Å². The summed E-state index contributed by atoms with van der Waals surface area (Å²) in [6.45, 7) is 3.97. The summed E-state index contributed by atoms with van der Waals surface area (Å²) in [6, 6.07) is 15.3. The van der Waals surface area contributed by atoms with Crippen LogP contribution in [0.15, 0.2) is 58.6 Å². The minimum atomic E-state index is 0.0307. The molecule has 0 aromatic heterocycles. The van der Waals surface area contributed by atoms with Gasteiger partial charge in [0.2, 0.25) is 5.96 Å². The highest BCUT2D eigenvalue weighted by atomic mass is 35.5. The number of nitrogens with one attached hydrogen (secondary N) is 2. The molecule has 29 heavy (non-hydrogen) atoms. The van der Waals surface area contributed by atoms with Gasteiger partial charge in [0.05, 0.1) is 18.3 Å². The van der Waals surface area contributed by atoms with Crippen LogP contribution in [-0.4, -0.2) is 42.4 Å². The lowest BCUT2D eigenvalue weighted by Gasteiger charge is -2.17. The first-order chi connectivity index (χ1) is 14.1. The molecule has 0 saturated heterocycles. The van der Waals surface area contributed by atoms with Gasteiger partial charge in [-0.3, -0.25) is 10.3 Å². The third kappa shape index (κ3) is 5.70. The summed E-state index contributed by atoms with van der Waals surface area (Å²) in [5.74, 6) is 0.438. The van der Waals surface area contributed by atoms with E-state index in [2.05, 4.69) is 22.5 Å². The predicted octanol–water partition coefficient (Wildman–Crippen LogP) is 3.66. The fourth-order valence-electron chi connectivity index (χ4n) is 3.10. The lowest BCUT2D eigenvalue weighted by molar-refractivity contribution is 0.438. The summed E-state index contributed by atoms with van der Waals surface area (Å²) in [5, 5.41) is 23.1. The standard InChI is InChI=1S/C21H22Cl2N6/c1-2-25-19-13-29(28-20(19)16-5-9-18(23)10-6-16)21(27-14-24)26-12-11-15-3-7-17(22)8-4-15/h3-10,19,25H,2,11-13H2,1H3,(H,26,27). The zero-order valence-electron chi connectivity index (χ0n) is 16.1. The van der Waals surface area contributed by atoms with Gasteiger partial charge < -0.3 is 5.32 Å². The normalized spacial score (nSPS) is 16.5. The highest BCUT2D eigenvalue weighted by Gasteiger charge is 2.29. The second kappa shape index (κ2) is 10.3. The van der Waals surface area contributed by atoms with E-state index in [0.717, 1.165) is 29.8 Å². The van der Waals surface area contributed by atoms with Crippen LogP contribution < -0.4 is 10.6 Å². The van der Waals surface area contributed by atoms with E-state index in [1.807, 2.05) is 54.7 Å². The number of hydrazone groups is 1. The van der Waals surface area contributed by atoms with Crippen LogP contribution in [0.4, 0.5) is 0 Å². The van der Waals surface area contributed by atoms with Gasteiger partial charge in [0.1, 0.15) is 0 Å². The van der Waals surface area contributed by atoms with Gasteiger partial charge >= 0.3 is 0 Å². The molecule has 0 saturated carbocycles. The van der Waals surface area contributed by atoms with Gasteiger partial charge in [0.15, 0.2) is 6.19 Å². The molecule has 0 bridgehead atoms. The van der Waals surface area contributed by atoms with E-state index in [9.17, 15) is 0 Å². The smallest absolute Gasteiger partial charge is 0.228 e. The van der Waals surface area contributed by atoms with Crippen molar-refractivity contribution >= 4 is 34.9 Å². The molecule has 3 rings (SSSR count). The maximum Gasteiger partial charge on any atom is 0.228 e. The van der Waals surface area contributed by atoms with E-state index >= 15 is 0 Å². The number of likely N-dealkylation sites (N-methyl/N-ethyl adjacent to an activating group) is 1. The van der Waals surface area contributed by atoms with Crippen LogP contribution in [0, 0.1) is 11.5 Å². The van der Waals surface area contributed by atoms with Crippen molar-refractivity contribution in [3.05, 3.63) is 69.7 Å². The molecule has 8 heteroatoms. The molecular weight excluding hydrogens is 407 g/mol. The Labute approximate surface area is 180 Å². The number of nitriles is 1. The van der Waals surface area contributed by atoms with Crippen LogP contribution in [0.2, 0.25) is 10.0 Å². The number of aliphatic imine (C=N–C) groups is 1. The van der Waals surface area contributed by atoms with Crippen molar-refractivity contribution in [3.8, 4) is 6.19 Å². The quantitative estimate of drug-likeness (QED) is 0.318. The Morgan fingerprint density at radius 3 is 2.45 bits per heavy atom. The molecule has 0 radical (unpaired) electrons. The summed E-state index contributed by atoms with van der Waals surface area (Å²) < 4.78 is 0. The molecule has 0 fully saturated rings. The van der Waals surface area contributed by atoms with E-state index in [1.165, 1.54) is 0 Å². The van der Waals surface area contributed by atoms with Crippen molar-refractivity contribution < 1.29 is 0 Å². The number of nitrogens with zero attached hydrogens (tertiary/aromatic N) is 4. The minimum Gasteiger partial charge on any atom is -0.307 e. The Hall–Kier alpha value is -2.59. The highest BCUT2D eigenvalue weighted by molar-refractivity contribution is 6.31. The molecule has 0 aliphatic carbocycles. The molecule has 1 aliphatic heterocycles. The van der Waals surface area contributed by atoms with E-state index < -0.39 is 0 Å². The van der Waals surface area contributed by atoms with Crippen LogP contribution in [0.3, 0.4) is 0 Å². The minimum absolute atomic E-state index is 0.0307. The third-order valence-electron chi connectivity index (χ3n) is 4.49. The number of halogens is 2. The largest absolute Gasteiger partial charge is 0.307 e. The zero-order chi connectivity index (χ0) is 20.6. The summed E-state index contributed by atoms with van der Waals surface area (Å²) in [6.07, 6.45) is 2.70. The van der Waals surface area contributed by atoms with Crippen LogP contribution in [0.25, 0.3) is 0 Å². The maximum atomic E-state index is 9.16. The predicted molar refractivity (Wildman–Crippen MR) is 118 cm³/mol. The van der Waals surface area contributed by atoms with Crippen LogP contribution >= 0.6 is 23.2 Å². The molecule has 6 nitrogen and oxygen atoms in total. The SMILES string of the molecule is CCNC1CN(C(=NCCc2ccc(Cl)cc2)NC#N)N=C1c1ccc(Cl)cc1. The van der Waals surface area contributed by atoms with E-state index in [1.54, 1.807) is 5.01 Å². The number of rotatable bonds is 6. The van der Waals surface area contributed by atoms with Crippen molar-refractivity contribution in [1.82, 2.24) is 15.6 Å². The molecule has 2 aromatic rings. The van der Waals surface area contributed by atoms with Crippen molar-refractivity contribution in [2.24, 2.45) is 10.1 Å². The molecule has 1 heterocycles. The fourth-order valence-corrected chi connectivity index (χ4v) is 3.35. The number of hydrogen-bond donors (Lipinski definition) is 2. The highest BCUT2D eigenvalue weighted by Crippen LogP contribution is 2.17. The van der Waals surface area contributed by atoms with E-state index in [0.29, 0.717) is 29.1 Å². The fraction of sp³-hybridized carbons (Fsp3) is 0.286. The monoisotopic (exact) mass is 428 g/mol. The van der Waals surface area contributed by atoms with Crippen molar-refractivity contribution in [3.63, 3.8) is 0 Å². The second-order valence-electron chi connectivity index (χ2n) is 6.50. The summed E-state index contributed by atoms with van der Waals surface area (Å²) in [7, 11) is 0. The van der Waals surface area contributed by atoms with Crippen molar-refractivity contribution in [2.45, 2.75) is 19.4 Å². The Morgan fingerprint density at radius 1 is 1.17 bits per heavy atom. The summed E-state index contributed by atoms with van der Waals surface area (Å²) in [4.78, 5) is 4.57. The first kappa shape index (κ1) is 21.1. The van der Waals surface area contributed by atoms with Crippen LogP contribution in [0.5, 0.6) is 0 Å².